The first-order chi connectivity index (χ1) is 8.69. The van der Waals surface area contributed by atoms with Crippen LogP contribution in [0, 0.1) is 11.8 Å². The topological polar surface area (TPSA) is 15.3 Å². The molecule has 0 bridgehead atoms. The second-order valence-electron chi connectivity index (χ2n) is 6.78. The zero-order chi connectivity index (χ0) is 13.0. The second-order valence-corrected chi connectivity index (χ2v) is 6.78. The molecule has 0 amide bonds. The molecule has 0 aromatic rings. The molecule has 1 saturated carbocycles. The summed E-state index contributed by atoms with van der Waals surface area (Å²) in [6, 6.07) is 1.59. The highest BCUT2D eigenvalue weighted by Crippen LogP contribution is 2.30. The van der Waals surface area contributed by atoms with E-state index in [4.69, 9.17) is 0 Å². The molecule has 1 heterocycles. The van der Waals surface area contributed by atoms with Crippen molar-refractivity contribution in [2.75, 3.05) is 19.6 Å². The van der Waals surface area contributed by atoms with Gasteiger partial charge < -0.3 is 10.2 Å². The molecule has 0 aromatic carbocycles. The maximum Gasteiger partial charge on any atom is 0.00955 e. The van der Waals surface area contributed by atoms with Crippen LogP contribution in [-0.2, 0) is 0 Å². The van der Waals surface area contributed by atoms with E-state index in [1.807, 2.05) is 0 Å². The molecule has 106 valence electrons. The highest BCUT2D eigenvalue weighted by molar-refractivity contribution is 4.83. The van der Waals surface area contributed by atoms with Crippen molar-refractivity contribution in [3.8, 4) is 0 Å². The number of nitrogens with one attached hydrogen (secondary N) is 1. The molecule has 1 saturated heterocycles. The Hall–Kier alpha value is -0.0800. The summed E-state index contributed by atoms with van der Waals surface area (Å²) in [5, 5.41) is 3.65. The smallest absolute Gasteiger partial charge is 0.00955 e. The van der Waals surface area contributed by atoms with Gasteiger partial charge in [0.2, 0.25) is 0 Å². The van der Waals surface area contributed by atoms with Crippen LogP contribution in [0.25, 0.3) is 0 Å². The van der Waals surface area contributed by atoms with E-state index >= 15 is 0 Å². The van der Waals surface area contributed by atoms with E-state index in [1.54, 1.807) is 0 Å². The highest BCUT2D eigenvalue weighted by Gasteiger charge is 2.27. The summed E-state index contributed by atoms with van der Waals surface area (Å²) in [5.41, 5.74) is 0. The Morgan fingerprint density at radius 1 is 1.06 bits per heavy atom. The van der Waals surface area contributed by atoms with Gasteiger partial charge in [-0.05, 0) is 64.0 Å². The normalized spacial score (nSPS) is 40.2. The van der Waals surface area contributed by atoms with Gasteiger partial charge in [-0.1, -0.05) is 20.3 Å². The largest absolute Gasteiger partial charge is 0.314 e. The first-order valence-electron chi connectivity index (χ1n) is 8.16. The van der Waals surface area contributed by atoms with Crippen LogP contribution in [0.15, 0.2) is 0 Å². The van der Waals surface area contributed by atoms with Gasteiger partial charge in [0.05, 0.1) is 0 Å². The summed E-state index contributed by atoms with van der Waals surface area (Å²) in [6.07, 6.45) is 8.56. The van der Waals surface area contributed by atoms with Crippen LogP contribution in [0.1, 0.15) is 59.3 Å². The molecule has 2 nitrogen and oxygen atoms in total. The third-order valence-electron chi connectivity index (χ3n) is 5.12. The fraction of sp³-hybridized carbons (Fsp3) is 1.00. The molecule has 0 radical (unpaired) electrons. The van der Waals surface area contributed by atoms with Gasteiger partial charge >= 0.3 is 0 Å². The van der Waals surface area contributed by atoms with Crippen molar-refractivity contribution in [1.29, 1.82) is 0 Å². The minimum atomic E-state index is 0.697. The summed E-state index contributed by atoms with van der Waals surface area (Å²) >= 11 is 0. The van der Waals surface area contributed by atoms with Crippen LogP contribution >= 0.6 is 0 Å². The number of hydrogen-bond donors (Lipinski definition) is 1. The van der Waals surface area contributed by atoms with Crippen molar-refractivity contribution in [3.05, 3.63) is 0 Å². The van der Waals surface area contributed by atoms with E-state index in [1.165, 1.54) is 58.2 Å². The molecule has 1 N–H and O–H groups in total. The van der Waals surface area contributed by atoms with Crippen LogP contribution < -0.4 is 5.32 Å². The third kappa shape index (κ3) is 3.96. The molecule has 18 heavy (non-hydrogen) atoms. The van der Waals surface area contributed by atoms with Crippen LogP contribution in [0.2, 0.25) is 0 Å². The first-order valence-corrected chi connectivity index (χ1v) is 8.16. The Bertz CT molecular complexity index is 233. The molecule has 2 atom stereocenters. The van der Waals surface area contributed by atoms with Crippen LogP contribution in [0.3, 0.4) is 0 Å². The molecule has 0 aromatic heterocycles. The Morgan fingerprint density at radius 2 is 1.78 bits per heavy atom. The van der Waals surface area contributed by atoms with Crippen molar-refractivity contribution in [2.45, 2.75) is 71.4 Å². The average Bonchev–Trinajstić information content (AvgIpc) is 2.39. The van der Waals surface area contributed by atoms with E-state index in [-0.39, 0.29) is 0 Å². The minimum Gasteiger partial charge on any atom is -0.314 e. The molecule has 1 aliphatic heterocycles. The molecule has 0 spiro atoms. The van der Waals surface area contributed by atoms with Crippen molar-refractivity contribution in [1.82, 2.24) is 10.2 Å². The van der Waals surface area contributed by atoms with Crippen LogP contribution in [0.4, 0.5) is 0 Å². The second kappa shape index (κ2) is 6.91. The van der Waals surface area contributed by atoms with E-state index < -0.39 is 0 Å². The Morgan fingerprint density at radius 3 is 2.44 bits per heavy atom. The fourth-order valence-electron chi connectivity index (χ4n) is 3.67. The zero-order valence-electron chi connectivity index (χ0n) is 12.6. The highest BCUT2D eigenvalue weighted by atomic mass is 15.2. The molecule has 2 unspecified atom stereocenters. The first kappa shape index (κ1) is 14.3. The Balaban J connectivity index is 1.86. The lowest BCUT2D eigenvalue weighted by molar-refractivity contribution is 0.105. The molecule has 2 heteroatoms. The SMILES string of the molecule is CCC1CCC(N2CCC(C)NCC(C)C2)CC1. The predicted octanol–water partition coefficient (Wildman–Crippen LogP) is 3.28. The molecule has 2 aliphatic rings. The number of hydrogen-bond acceptors (Lipinski definition) is 2. The predicted molar refractivity (Wildman–Crippen MR) is 78.9 cm³/mol. The maximum atomic E-state index is 3.65. The number of rotatable bonds is 2. The van der Waals surface area contributed by atoms with Crippen molar-refractivity contribution < 1.29 is 0 Å². The van der Waals surface area contributed by atoms with Gasteiger partial charge in [-0.25, -0.2) is 0 Å². The Kier molecular flexibility index (Phi) is 5.50. The summed E-state index contributed by atoms with van der Waals surface area (Å²) < 4.78 is 0. The minimum absolute atomic E-state index is 0.697. The van der Waals surface area contributed by atoms with Gasteiger partial charge in [-0.2, -0.15) is 0 Å². The Labute approximate surface area is 114 Å². The third-order valence-corrected chi connectivity index (χ3v) is 5.12. The van der Waals surface area contributed by atoms with Gasteiger partial charge in [0.25, 0.3) is 0 Å². The quantitative estimate of drug-likeness (QED) is 0.811. The molecule has 2 rings (SSSR count). The molecule has 1 aliphatic carbocycles. The number of nitrogens with zero attached hydrogens (tertiary/aromatic N) is 1. The average molecular weight is 252 g/mol. The lowest BCUT2D eigenvalue weighted by Crippen LogP contribution is -2.47. The van der Waals surface area contributed by atoms with Gasteiger partial charge in [0.15, 0.2) is 0 Å². The zero-order valence-corrected chi connectivity index (χ0v) is 12.6. The molecular weight excluding hydrogens is 220 g/mol. The fourth-order valence-corrected chi connectivity index (χ4v) is 3.67. The van der Waals surface area contributed by atoms with Crippen molar-refractivity contribution >= 4 is 0 Å². The van der Waals surface area contributed by atoms with Crippen molar-refractivity contribution in [3.63, 3.8) is 0 Å². The molecular formula is C16H32N2. The van der Waals surface area contributed by atoms with E-state index in [0.717, 1.165) is 17.9 Å². The van der Waals surface area contributed by atoms with Gasteiger partial charge in [0.1, 0.15) is 0 Å². The standard InChI is InChI=1S/C16H32N2/c1-4-15-5-7-16(8-6-15)18-10-9-14(3)17-11-13(2)12-18/h13-17H,4-12H2,1-3H3. The van der Waals surface area contributed by atoms with Crippen molar-refractivity contribution in [2.24, 2.45) is 11.8 Å². The van der Waals surface area contributed by atoms with E-state index in [0.29, 0.717) is 6.04 Å². The molecule has 2 fully saturated rings. The van der Waals surface area contributed by atoms with Gasteiger partial charge in [-0.3, -0.25) is 0 Å². The van der Waals surface area contributed by atoms with Crippen LogP contribution in [0.5, 0.6) is 0 Å². The summed E-state index contributed by atoms with van der Waals surface area (Å²) in [4.78, 5) is 2.81. The van der Waals surface area contributed by atoms with Crippen LogP contribution in [-0.4, -0.2) is 36.6 Å². The lowest BCUT2D eigenvalue weighted by atomic mass is 9.83. The maximum absolute atomic E-state index is 3.65. The lowest BCUT2D eigenvalue weighted by Gasteiger charge is -2.40. The monoisotopic (exact) mass is 252 g/mol. The summed E-state index contributed by atoms with van der Waals surface area (Å²) in [7, 11) is 0. The summed E-state index contributed by atoms with van der Waals surface area (Å²) in [5.74, 6) is 1.82. The van der Waals surface area contributed by atoms with E-state index in [9.17, 15) is 0 Å². The van der Waals surface area contributed by atoms with Gasteiger partial charge in [0, 0.05) is 18.6 Å². The van der Waals surface area contributed by atoms with Gasteiger partial charge in [-0.15, -0.1) is 0 Å². The van der Waals surface area contributed by atoms with E-state index in [2.05, 4.69) is 31.0 Å². The summed E-state index contributed by atoms with van der Waals surface area (Å²) in [6.45, 7) is 10.9.